The van der Waals surface area contributed by atoms with Gasteiger partial charge in [-0.25, -0.2) is 14.0 Å². The van der Waals surface area contributed by atoms with E-state index in [0.29, 0.717) is 35.4 Å². The van der Waals surface area contributed by atoms with E-state index in [-0.39, 0.29) is 35.0 Å². The van der Waals surface area contributed by atoms with E-state index < -0.39 is 23.9 Å². The van der Waals surface area contributed by atoms with Crippen LogP contribution in [-0.4, -0.2) is 70.7 Å². The second-order valence-electron chi connectivity index (χ2n) is 10.9. The highest BCUT2D eigenvalue weighted by Gasteiger charge is 2.56. The van der Waals surface area contributed by atoms with Crippen LogP contribution in [0.2, 0.25) is 5.02 Å². The van der Waals surface area contributed by atoms with Crippen LogP contribution < -0.4 is 21.1 Å². The Morgan fingerprint density at radius 3 is 2.71 bits per heavy atom. The van der Waals surface area contributed by atoms with Gasteiger partial charge in [0, 0.05) is 36.3 Å². The molecule has 3 fully saturated rings. The molecule has 12 heteroatoms. The second-order valence-corrected chi connectivity index (χ2v) is 11.3. The number of aromatic nitrogens is 1. The summed E-state index contributed by atoms with van der Waals surface area (Å²) in [7, 11) is 0. The number of fused-ring (bicyclic) bond motifs is 2. The minimum absolute atomic E-state index is 0.0184. The maximum absolute atomic E-state index is 14.3. The number of nitrogens with one attached hydrogen (secondary N) is 2. The minimum atomic E-state index is -0.699. The highest BCUT2D eigenvalue weighted by Crippen LogP contribution is 2.48. The average molecular weight is 583 g/mol. The fourth-order valence-electron chi connectivity index (χ4n) is 6.03. The monoisotopic (exact) mass is 582 g/mol. The number of hydrogen-bond acceptors (Lipinski definition) is 5. The van der Waals surface area contributed by atoms with Crippen LogP contribution >= 0.6 is 11.6 Å². The zero-order valence-electron chi connectivity index (χ0n) is 22.4. The standard InChI is InChI=1S/C29H32ClFN6O4/c30-21-5-3-4-17(26(21)31)15-33-27(38)25-13-18-12-24(18)37(25)29(40)34-22-16-36(28(32)39)23-7-6-19(14-20(22)23)41-11-10-35-8-1-2-9-35/h3-7,14,16,18,24-25H,1-2,8-13,15H2,(H2,32,39)(H,33,38)(H,34,40)/t18-,24-,25+/m1/s1. The summed E-state index contributed by atoms with van der Waals surface area (Å²) in [5.41, 5.74) is 6.79. The smallest absolute Gasteiger partial charge is 0.323 e. The van der Waals surface area contributed by atoms with Gasteiger partial charge in [-0.05, 0) is 69.0 Å². The van der Waals surface area contributed by atoms with E-state index in [0.717, 1.165) is 26.1 Å². The molecule has 0 bridgehead atoms. The lowest BCUT2D eigenvalue weighted by Crippen LogP contribution is -2.49. The summed E-state index contributed by atoms with van der Waals surface area (Å²) in [6.45, 7) is 3.47. The number of piperidine rings is 1. The lowest BCUT2D eigenvalue weighted by molar-refractivity contribution is -0.125. The maximum atomic E-state index is 14.3. The number of primary amides is 1. The number of hydrogen-bond donors (Lipinski definition) is 3. The molecule has 3 heterocycles. The number of benzene rings is 2. The number of carbonyl (C=O) groups excluding carboxylic acids is 3. The van der Waals surface area contributed by atoms with Crippen LogP contribution in [0.15, 0.2) is 42.6 Å². The minimum Gasteiger partial charge on any atom is -0.492 e. The van der Waals surface area contributed by atoms with Gasteiger partial charge in [0.15, 0.2) is 0 Å². The fraction of sp³-hybridized carbons (Fsp3) is 0.414. The fourth-order valence-corrected chi connectivity index (χ4v) is 6.22. The number of urea groups is 1. The van der Waals surface area contributed by atoms with Gasteiger partial charge in [-0.15, -0.1) is 0 Å². The molecule has 1 saturated carbocycles. The molecular formula is C29H32ClFN6O4. The Kier molecular flexibility index (Phi) is 7.48. The van der Waals surface area contributed by atoms with E-state index in [1.54, 1.807) is 35.2 Å². The first-order valence-electron chi connectivity index (χ1n) is 13.9. The molecule has 1 aromatic heterocycles. The Morgan fingerprint density at radius 1 is 1.12 bits per heavy atom. The number of amides is 4. The number of anilines is 1. The summed E-state index contributed by atoms with van der Waals surface area (Å²) in [5, 5.41) is 6.23. The van der Waals surface area contributed by atoms with Crippen molar-refractivity contribution in [2.75, 3.05) is 31.6 Å². The van der Waals surface area contributed by atoms with E-state index in [1.165, 1.54) is 29.7 Å². The Bertz CT molecular complexity index is 1510. The molecule has 3 atom stereocenters. The van der Waals surface area contributed by atoms with Gasteiger partial charge in [0.2, 0.25) is 5.91 Å². The molecule has 6 rings (SSSR count). The van der Waals surface area contributed by atoms with Crippen molar-refractivity contribution in [2.45, 2.75) is 44.3 Å². The summed E-state index contributed by atoms with van der Waals surface area (Å²) in [5.74, 6) is -0.0890. The third-order valence-corrected chi connectivity index (χ3v) is 8.55. The number of carbonyl (C=O) groups is 3. The summed E-state index contributed by atoms with van der Waals surface area (Å²) >= 11 is 5.86. The van der Waals surface area contributed by atoms with E-state index in [2.05, 4.69) is 15.5 Å². The van der Waals surface area contributed by atoms with Crippen LogP contribution in [0.5, 0.6) is 5.75 Å². The Morgan fingerprint density at radius 2 is 1.93 bits per heavy atom. The number of nitrogens with zero attached hydrogens (tertiary/aromatic N) is 3. The number of ether oxygens (including phenoxy) is 1. The van der Waals surface area contributed by atoms with Crippen molar-refractivity contribution in [1.29, 1.82) is 0 Å². The number of halogens is 2. The van der Waals surface area contributed by atoms with Gasteiger partial charge in [-0.1, -0.05) is 23.7 Å². The summed E-state index contributed by atoms with van der Waals surface area (Å²) in [4.78, 5) is 42.7. The Hall–Kier alpha value is -3.83. The first kappa shape index (κ1) is 27.3. The van der Waals surface area contributed by atoms with Gasteiger partial charge in [0.05, 0.1) is 16.2 Å². The topological polar surface area (TPSA) is 122 Å². The number of rotatable bonds is 8. The van der Waals surface area contributed by atoms with Crippen molar-refractivity contribution in [2.24, 2.45) is 11.7 Å². The molecule has 4 amide bonds. The lowest BCUT2D eigenvalue weighted by Gasteiger charge is -2.27. The SMILES string of the molecule is NC(=O)n1cc(NC(=O)N2[C@@H]3C[C@@H]3C[C@H]2C(=O)NCc2cccc(Cl)c2F)c2cc(OCCN3CCCC3)ccc21. The predicted molar refractivity (Wildman–Crippen MR) is 153 cm³/mol. The highest BCUT2D eigenvalue weighted by molar-refractivity contribution is 6.30. The van der Waals surface area contributed by atoms with Crippen molar-refractivity contribution in [3.63, 3.8) is 0 Å². The zero-order chi connectivity index (χ0) is 28.7. The van der Waals surface area contributed by atoms with Crippen LogP contribution in [0.1, 0.15) is 31.2 Å². The third-order valence-electron chi connectivity index (χ3n) is 8.26. The van der Waals surface area contributed by atoms with Gasteiger partial charge in [-0.2, -0.15) is 0 Å². The largest absolute Gasteiger partial charge is 0.492 e. The van der Waals surface area contributed by atoms with Gasteiger partial charge < -0.3 is 26.0 Å². The normalized spacial score (nSPS) is 21.6. The molecular weight excluding hydrogens is 551 g/mol. The van der Waals surface area contributed by atoms with Crippen molar-refractivity contribution in [1.82, 2.24) is 19.7 Å². The zero-order valence-corrected chi connectivity index (χ0v) is 23.2. The summed E-state index contributed by atoms with van der Waals surface area (Å²) in [6.07, 6.45) is 5.24. The highest BCUT2D eigenvalue weighted by atomic mass is 35.5. The van der Waals surface area contributed by atoms with Crippen molar-refractivity contribution >= 4 is 46.2 Å². The first-order valence-corrected chi connectivity index (χ1v) is 14.3. The lowest BCUT2D eigenvalue weighted by atomic mass is 10.1. The van der Waals surface area contributed by atoms with Crippen LogP contribution in [0, 0.1) is 11.7 Å². The first-order chi connectivity index (χ1) is 19.8. The summed E-state index contributed by atoms with van der Waals surface area (Å²) in [6, 6.07) is 8.01. The molecule has 41 heavy (non-hydrogen) atoms. The van der Waals surface area contributed by atoms with Gasteiger partial charge in [0.25, 0.3) is 0 Å². The van der Waals surface area contributed by atoms with Gasteiger partial charge in [-0.3, -0.25) is 14.3 Å². The van der Waals surface area contributed by atoms with Crippen LogP contribution in [0.25, 0.3) is 10.9 Å². The van der Waals surface area contributed by atoms with E-state index in [1.807, 2.05) is 0 Å². The molecule has 3 aromatic rings. The molecule has 0 spiro atoms. The molecule has 2 aliphatic heterocycles. The number of nitrogens with two attached hydrogens (primary N) is 1. The molecule has 1 aliphatic carbocycles. The van der Waals surface area contributed by atoms with Crippen molar-refractivity contribution in [3.05, 3.63) is 59.0 Å². The molecule has 0 unspecified atom stereocenters. The van der Waals surface area contributed by atoms with Crippen molar-refractivity contribution in [3.8, 4) is 5.75 Å². The van der Waals surface area contributed by atoms with Gasteiger partial charge in [0.1, 0.15) is 24.2 Å². The quantitative estimate of drug-likeness (QED) is 0.368. The van der Waals surface area contributed by atoms with Crippen LogP contribution in [-0.2, 0) is 11.3 Å². The Balaban J connectivity index is 1.17. The van der Waals surface area contributed by atoms with Crippen LogP contribution in [0.3, 0.4) is 0 Å². The van der Waals surface area contributed by atoms with Crippen LogP contribution in [0.4, 0.5) is 19.7 Å². The number of likely N-dealkylation sites (tertiary alicyclic amines) is 2. The van der Waals surface area contributed by atoms with E-state index in [9.17, 15) is 18.8 Å². The molecule has 2 aromatic carbocycles. The molecule has 2 saturated heterocycles. The molecule has 3 aliphatic rings. The average Bonchev–Trinajstić information content (AvgIpc) is 3.28. The van der Waals surface area contributed by atoms with Gasteiger partial charge >= 0.3 is 12.1 Å². The molecule has 4 N–H and O–H groups in total. The van der Waals surface area contributed by atoms with E-state index in [4.69, 9.17) is 22.1 Å². The van der Waals surface area contributed by atoms with Crippen molar-refractivity contribution < 1.29 is 23.5 Å². The predicted octanol–water partition coefficient (Wildman–Crippen LogP) is 4.15. The van der Waals surface area contributed by atoms with E-state index >= 15 is 0 Å². The molecule has 216 valence electrons. The molecule has 0 radical (unpaired) electrons. The maximum Gasteiger partial charge on any atom is 0.323 e. The molecule has 10 nitrogen and oxygen atoms in total. The Labute approximate surface area is 241 Å². The third kappa shape index (κ3) is 5.56. The summed E-state index contributed by atoms with van der Waals surface area (Å²) < 4.78 is 21.5. The second kappa shape index (κ2) is 11.2.